The molecular formula is C23H28ClN3O3. The highest BCUT2D eigenvalue weighted by Gasteiger charge is 2.27. The zero-order valence-electron chi connectivity index (χ0n) is 17.7. The van der Waals surface area contributed by atoms with Crippen molar-refractivity contribution in [2.45, 2.75) is 45.6 Å². The minimum absolute atomic E-state index is 0.220. The molecule has 0 unspecified atom stereocenters. The Hall–Kier alpha value is -2.60. The van der Waals surface area contributed by atoms with Gasteiger partial charge >= 0.3 is 6.09 Å². The van der Waals surface area contributed by atoms with Gasteiger partial charge in [-0.25, -0.2) is 9.78 Å². The number of ether oxygens (including phenoxy) is 1. The van der Waals surface area contributed by atoms with Crippen LogP contribution < -0.4 is 5.32 Å². The lowest BCUT2D eigenvalue weighted by atomic mass is 9.92. The molecule has 1 saturated heterocycles. The first-order chi connectivity index (χ1) is 14.2. The number of amides is 2. The van der Waals surface area contributed by atoms with Gasteiger partial charge in [0.05, 0.1) is 0 Å². The summed E-state index contributed by atoms with van der Waals surface area (Å²) in [6.45, 7) is 7.01. The van der Waals surface area contributed by atoms with E-state index >= 15 is 0 Å². The number of nitrogens with zero attached hydrogens (tertiary/aromatic N) is 2. The SMILES string of the molecule is CC(C)(C)OC(=O)N1CCC(Cc2cccc(NC(=O)c3ccc(Cl)cc3)n2)CC1. The largest absolute Gasteiger partial charge is 0.444 e. The Bertz CT molecular complexity index is 885. The monoisotopic (exact) mass is 429 g/mol. The van der Waals surface area contributed by atoms with Crippen molar-refractivity contribution in [3.63, 3.8) is 0 Å². The summed E-state index contributed by atoms with van der Waals surface area (Å²) in [7, 11) is 0. The number of carbonyl (C=O) groups is 2. The van der Waals surface area contributed by atoms with E-state index < -0.39 is 5.60 Å². The normalized spacial score (nSPS) is 15.0. The zero-order chi connectivity index (χ0) is 21.7. The number of piperidine rings is 1. The Kier molecular flexibility index (Phi) is 6.98. The second-order valence-electron chi connectivity index (χ2n) is 8.59. The quantitative estimate of drug-likeness (QED) is 0.727. The summed E-state index contributed by atoms with van der Waals surface area (Å²) in [6.07, 6.45) is 2.38. The van der Waals surface area contributed by atoms with E-state index in [1.54, 1.807) is 35.2 Å². The lowest BCUT2D eigenvalue weighted by Crippen LogP contribution is -2.42. The third kappa shape index (κ3) is 6.46. The first-order valence-electron chi connectivity index (χ1n) is 10.2. The number of halogens is 1. The lowest BCUT2D eigenvalue weighted by molar-refractivity contribution is 0.0184. The molecule has 7 heteroatoms. The molecule has 1 aliphatic rings. The number of anilines is 1. The van der Waals surface area contributed by atoms with Crippen LogP contribution in [0.15, 0.2) is 42.5 Å². The summed E-state index contributed by atoms with van der Waals surface area (Å²) in [4.78, 5) is 31.0. The summed E-state index contributed by atoms with van der Waals surface area (Å²) in [6, 6.07) is 12.4. The molecule has 30 heavy (non-hydrogen) atoms. The minimum Gasteiger partial charge on any atom is -0.444 e. The number of benzene rings is 1. The van der Waals surface area contributed by atoms with Gasteiger partial charge < -0.3 is 15.0 Å². The van der Waals surface area contributed by atoms with E-state index in [4.69, 9.17) is 16.3 Å². The van der Waals surface area contributed by atoms with E-state index in [1.165, 1.54) is 0 Å². The van der Waals surface area contributed by atoms with Gasteiger partial charge in [-0.2, -0.15) is 0 Å². The van der Waals surface area contributed by atoms with Gasteiger partial charge in [0.25, 0.3) is 5.91 Å². The number of nitrogens with one attached hydrogen (secondary N) is 1. The Morgan fingerprint density at radius 2 is 1.80 bits per heavy atom. The third-order valence-electron chi connectivity index (χ3n) is 4.92. The van der Waals surface area contributed by atoms with Gasteiger partial charge in [-0.05, 0) is 82.3 Å². The molecule has 0 saturated carbocycles. The summed E-state index contributed by atoms with van der Waals surface area (Å²) in [5, 5.41) is 3.42. The van der Waals surface area contributed by atoms with Crippen molar-refractivity contribution in [1.29, 1.82) is 0 Å². The zero-order valence-corrected chi connectivity index (χ0v) is 18.4. The summed E-state index contributed by atoms with van der Waals surface area (Å²) in [5.41, 5.74) is 0.982. The van der Waals surface area contributed by atoms with Crippen LogP contribution in [0.25, 0.3) is 0 Å². The van der Waals surface area contributed by atoms with Crippen LogP contribution in [0.3, 0.4) is 0 Å². The van der Waals surface area contributed by atoms with Crippen LogP contribution in [0.2, 0.25) is 5.02 Å². The molecule has 0 radical (unpaired) electrons. The molecule has 0 atom stereocenters. The minimum atomic E-state index is -0.477. The van der Waals surface area contributed by atoms with Crippen LogP contribution in [0.1, 0.15) is 49.7 Å². The molecule has 2 aromatic rings. The number of pyridine rings is 1. The van der Waals surface area contributed by atoms with E-state index in [2.05, 4.69) is 10.3 Å². The van der Waals surface area contributed by atoms with Crippen molar-refractivity contribution >= 4 is 29.4 Å². The van der Waals surface area contributed by atoms with Crippen molar-refractivity contribution in [3.05, 3.63) is 58.7 Å². The molecule has 6 nitrogen and oxygen atoms in total. The van der Waals surface area contributed by atoms with Crippen molar-refractivity contribution in [2.24, 2.45) is 5.92 Å². The molecule has 0 aliphatic carbocycles. The Labute approximate surface area is 182 Å². The maximum absolute atomic E-state index is 12.4. The summed E-state index contributed by atoms with van der Waals surface area (Å²) < 4.78 is 5.45. The van der Waals surface area contributed by atoms with Gasteiger partial charge in [-0.15, -0.1) is 0 Å². The number of aromatic nitrogens is 1. The molecule has 0 spiro atoms. The fraction of sp³-hybridized carbons (Fsp3) is 0.435. The van der Waals surface area contributed by atoms with Gasteiger partial charge in [0, 0.05) is 29.4 Å². The second-order valence-corrected chi connectivity index (χ2v) is 9.03. The fourth-order valence-corrected chi connectivity index (χ4v) is 3.52. The predicted octanol–water partition coefficient (Wildman–Crippen LogP) is 5.18. The second kappa shape index (κ2) is 9.47. The van der Waals surface area contributed by atoms with Gasteiger partial charge in [-0.3, -0.25) is 4.79 Å². The molecule has 3 rings (SSSR count). The number of hydrogen-bond donors (Lipinski definition) is 1. The molecule has 1 fully saturated rings. The van der Waals surface area contributed by atoms with E-state index in [0.29, 0.717) is 35.4 Å². The highest BCUT2D eigenvalue weighted by Crippen LogP contribution is 2.23. The van der Waals surface area contributed by atoms with E-state index in [0.717, 1.165) is 25.0 Å². The molecule has 2 amide bonds. The molecule has 160 valence electrons. The van der Waals surface area contributed by atoms with Gasteiger partial charge in [0.2, 0.25) is 0 Å². The third-order valence-corrected chi connectivity index (χ3v) is 5.17. The van der Waals surface area contributed by atoms with E-state index in [1.807, 2.05) is 32.9 Å². The number of rotatable bonds is 4. The van der Waals surface area contributed by atoms with Crippen LogP contribution in [-0.2, 0) is 11.2 Å². The number of hydrogen-bond acceptors (Lipinski definition) is 4. The summed E-state index contributed by atoms with van der Waals surface area (Å²) in [5.74, 6) is 0.749. The summed E-state index contributed by atoms with van der Waals surface area (Å²) >= 11 is 5.87. The Morgan fingerprint density at radius 1 is 1.13 bits per heavy atom. The molecule has 1 aliphatic heterocycles. The Balaban J connectivity index is 1.53. The molecule has 1 aromatic heterocycles. The standard InChI is InChI=1S/C23H28ClN3O3/c1-23(2,3)30-22(29)27-13-11-16(12-14-27)15-19-5-4-6-20(25-19)26-21(28)17-7-9-18(24)10-8-17/h4-10,16H,11-15H2,1-3H3,(H,25,26,28). The van der Waals surface area contributed by atoms with Crippen LogP contribution >= 0.6 is 11.6 Å². The number of likely N-dealkylation sites (tertiary alicyclic amines) is 1. The van der Waals surface area contributed by atoms with Crippen molar-refractivity contribution < 1.29 is 14.3 Å². The highest BCUT2D eigenvalue weighted by molar-refractivity contribution is 6.30. The number of carbonyl (C=O) groups excluding carboxylic acids is 2. The maximum atomic E-state index is 12.4. The first kappa shape index (κ1) is 22.1. The van der Waals surface area contributed by atoms with Crippen LogP contribution in [-0.4, -0.2) is 40.6 Å². The Morgan fingerprint density at radius 3 is 2.43 bits per heavy atom. The molecule has 2 heterocycles. The average molecular weight is 430 g/mol. The maximum Gasteiger partial charge on any atom is 0.410 e. The van der Waals surface area contributed by atoms with Gasteiger partial charge in [0.15, 0.2) is 0 Å². The smallest absolute Gasteiger partial charge is 0.410 e. The van der Waals surface area contributed by atoms with Gasteiger partial charge in [-0.1, -0.05) is 17.7 Å². The van der Waals surface area contributed by atoms with E-state index in [-0.39, 0.29) is 12.0 Å². The topological polar surface area (TPSA) is 71.5 Å². The lowest BCUT2D eigenvalue weighted by Gasteiger charge is -2.33. The van der Waals surface area contributed by atoms with Crippen molar-refractivity contribution in [3.8, 4) is 0 Å². The van der Waals surface area contributed by atoms with Crippen molar-refractivity contribution in [2.75, 3.05) is 18.4 Å². The van der Waals surface area contributed by atoms with Crippen LogP contribution in [0.5, 0.6) is 0 Å². The fourth-order valence-electron chi connectivity index (χ4n) is 3.39. The van der Waals surface area contributed by atoms with E-state index in [9.17, 15) is 9.59 Å². The molecule has 1 aromatic carbocycles. The van der Waals surface area contributed by atoms with Crippen molar-refractivity contribution in [1.82, 2.24) is 9.88 Å². The molecular weight excluding hydrogens is 402 g/mol. The highest BCUT2D eigenvalue weighted by atomic mass is 35.5. The van der Waals surface area contributed by atoms with Gasteiger partial charge in [0.1, 0.15) is 11.4 Å². The molecule has 1 N–H and O–H groups in total. The van der Waals surface area contributed by atoms with Crippen LogP contribution in [0, 0.1) is 5.92 Å². The first-order valence-corrected chi connectivity index (χ1v) is 10.6. The molecule has 0 bridgehead atoms. The average Bonchev–Trinajstić information content (AvgIpc) is 2.68. The van der Waals surface area contributed by atoms with Crippen LogP contribution in [0.4, 0.5) is 10.6 Å². The predicted molar refractivity (Wildman–Crippen MR) is 118 cm³/mol.